The Hall–Kier alpha value is -2.40. The molecule has 0 spiro atoms. The molecule has 1 heterocycles. The molecule has 2 aromatic carbocycles. The summed E-state index contributed by atoms with van der Waals surface area (Å²) in [6.07, 6.45) is 0. The third-order valence-electron chi connectivity index (χ3n) is 3.90. The molecule has 4 nitrogen and oxygen atoms in total. The van der Waals surface area contributed by atoms with E-state index in [2.05, 4.69) is 17.1 Å². The summed E-state index contributed by atoms with van der Waals surface area (Å²) in [5.41, 5.74) is 4.94. The van der Waals surface area contributed by atoms with E-state index < -0.39 is 0 Å². The number of aryl methyl sites for hydroxylation is 3. The van der Waals surface area contributed by atoms with Gasteiger partial charge >= 0.3 is 0 Å². The first-order chi connectivity index (χ1) is 11.5. The van der Waals surface area contributed by atoms with E-state index in [1.807, 2.05) is 56.3 Å². The van der Waals surface area contributed by atoms with Gasteiger partial charge in [-0.05, 0) is 55.7 Å². The number of rotatable bonds is 5. The molecule has 3 aromatic rings. The first-order valence-corrected chi connectivity index (χ1v) is 8.66. The third kappa shape index (κ3) is 3.57. The maximum Gasteiger partial charge on any atom is 0.277 e. The van der Waals surface area contributed by atoms with E-state index in [4.69, 9.17) is 4.42 Å². The van der Waals surface area contributed by atoms with Gasteiger partial charge in [-0.15, -0.1) is 10.2 Å². The van der Waals surface area contributed by atoms with Gasteiger partial charge in [0.2, 0.25) is 5.89 Å². The number of hydrogen-bond donors (Lipinski definition) is 0. The predicted octanol–water partition coefficient (Wildman–Crippen LogP) is 4.64. The maximum atomic E-state index is 12.5. The Morgan fingerprint density at radius 3 is 2.46 bits per heavy atom. The van der Waals surface area contributed by atoms with Crippen molar-refractivity contribution < 1.29 is 9.21 Å². The van der Waals surface area contributed by atoms with Gasteiger partial charge in [-0.3, -0.25) is 4.79 Å². The van der Waals surface area contributed by atoms with Crippen LogP contribution in [0.5, 0.6) is 0 Å². The highest BCUT2D eigenvalue weighted by Gasteiger charge is 2.14. The van der Waals surface area contributed by atoms with Crippen LogP contribution in [0, 0.1) is 20.8 Å². The summed E-state index contributed by atoms with van der Waals surface area (Å²) in [7, 11) is 0. The van der Waals surface area contributed by atoms with Crippen LogP contribution < -0.4 is 0 Å². The molecule has 0 aliphatic heterocycles. The zero-order chi connectivity index (χ0) is 17.1. The molecule has 0 atom stereocenters. The van der Waals surface area contributed by atoms with Crippen LogP contribution in [-0.4, -0.2) is 21.7 Å². The van der Waals surface area contributed by atoms with Gasteiger partial charge < -0.3 is 4.42 Å². The van der Waals surface area contributed by atoms with E-state index in [1.165, 1.54) is 17.3 Å². The van der Waals surface area contributed by atoms with Crippen molar-refractivity contribution in [1.82, 2.24) is 10.2 Å². The third-order valence-corrected chi connectivity index (χ3v) is 4.71. The van der Waals surface area contributed by atoms with Gasteiger partial charge in [0.05, 0.1) is 5.75 Å². The lowest BCUT2D eigenvalue weighted by atomic mass is 9.99. The fourth-order valence-corrected chi connectivity index (χ4v) is 3.08. The molecule has 0 N–H and O–H groups in total. The molecule has 0 amide bonds. The minimum absolute atomic E-state index is 0.0695. The van der Waals surface area contributed by atoms with Crippen molar-refractivity contribution in [3.8, 4) is 11.5 Å². The van der Waals surface area contributed by atoms with Crippen LogP contribution in [0.2, 0.25) is 0 Å². The molecular formula is C19H18N2O2S. The molecule has 0 fully saturated rings. The Labute approximate surface area is 145 Å². The second kappa shape index (κ2) is 7.01. The maximum absolute atomic E-state index is 12.5. The molecule has 24 heavy (non-hydrogen) atoms. The van der Waals surface area contributed by atoms with Gasteiger partial charge in [-0.25, -0.2) is 0 Å². The zero-order valence-electron chi connectivity index (χ0n) is 13.9. The number of carbonyl (C=O) groups excluding carboxylic acids is 1. The first-order valence-electron chi connectivity index (χ1n) is 7.67. The standard InChI is InChI=1S/C19H18N2O2S/c1-12-9-14(3)16(10-13(12)2)17(22)11-24-19-21-20-18(23-19)15-7-5-4-6-8-15/h4-10H,11H2,1-3H3. The van der Waals surface area contributed by atoms with E-state index in [9.17, 15) is 4.79 Å². The number of benzene rings is 2. The lowest BCUT2D eigenvalue weighted by Gasteiger charge is -2.08. The zero-order valence-corrected chi connectivity index (χ0v) is 14.7. The summed E-state index contributed by atoms with van der Waals surface area (Å²) < 4.78 is 5.62. The molecular weight excluding hydrogens is 320 g/mol. The van der Waals surface area contributed by atoms with Gasteiger partial charge in [-0.2, -0.15) is 0 Å². The van der Waals surface area contributed by atoms with E-state index in [0.29, 0.717) is 11.1 Å². The topological polar surface area (TPSA) is 56.0 Å². The molecule has 3 rings (SSSR count). The van der Waals surface area contributed by atoms with Crippen LogP contribution in [0.15, 0.2) is 52.1 Å². The molecule has 0 saturated carbocycles. The summed E-state index contributed by atoms with van der Waals surface area (Å²) in [5, 5.41) is 8.44. The monoisotopic (exact) mass is 338 g/mol. The van der Waals surface area contributed by atoms with Gasteiger partial charge in [-0.1, -0.05) is 36.0 Å². The molecule has 0 aliphatic rings. The lowest BCUT2D eigenvalue weighted by Crippen LogP contribution is -2.06. The Morgan fingerprint density at radius 1 is 1.00 bits per heavy atom. The quantitative estimate of drug-likeness (QED) is 0.501. The molecule has 0 bridgehead atoms. The summed E-state index contributed by atoms with van der Waals surface area (Å²) in [5.74, 6) is 0.813. The summed E-state index contributed by atoms with van der Waals surface area (Å²) >= 11 is 1.27. The number of nitrogens with zero attached hydrogens (tertiary/aromatic N) is 2. The lowest BCUT2D eigenvalue weighted by molar-refractivity contribution is 0.102. The fraction of sp³-hybridized carbons (Fsp3) is 0.211. The number of Topliss-reactive ketones (excluding diaryl/α,β-unsaturated/α-hetero) is 1. The highest BCUT2D eigenvalue weighted by molar-refractivity contribution is 7.99. The SMILES string of the molecule is Cc1cc(C)c(C(=O)CSc2nnc(-c3ccccc3)o2)cc1C. The van der Waals surface area contributed by atoms with Gasteiger partial charge in [0.1, 0.15) is 0 Å². The van der Waals surface area contributed by atoms with Gasteiger partial charge in [0.15, 0.2) is 5.78 Å². The smallest absolute Gasteiger partial charge is 0.277 e. The van der Waals surface area contributed by atoms with E-state index in [0.717, 1.165) is 22.3 Å². The largest absolute Gasteiger partial charge is 0.411 e. The minimum atomic E-state index is 0.0695. The van der Waals surface area contributed by atoms with E-state index >= 15 is 0 Å². The van der Waals surface area contributed by atoms with Crippen molar-refractivity contribution in [1.29, 1.82) is 0 Å². The Kier molecular flexibility index (Phi) is 4.81. The molecule has 0 radical (unpaired) electrons. The molecule has 0 aliphatic carbocycles. The summed E-state index contributed by atoms with van der Waals surface area (Å²) in [4.78, 5) is 12.5. The van der Waals surface area contributed by atoms with Crippen molar-refractivity contribution in [3.05, 3.63) is 64.7 Å². The van der Waals surface area contributed by atoms with Crippen LogP contribution in [0.1, 0.15) is 27.0 Å². The normalized spacial score (nSPS) is 10.8. The first kappa shape index (κ1) is 16.5. The van der Waals surface area contributed by atoms with Crippen LogP contribution in [0.25, 0.3) is 11.5 Å². The fourth-order valence-electron chi connectivity index (χ4n) is 2.43. The summed E-state index contributed by atoms with van der Waals surface area (Å²) in [6, 6.07) is 13.6. The van der Waals surface area contributed by atoms with Crippen molar-refractivity contribution in [2.45, 2.75) is 26.0 Å². The Morgan fingerprint density at radius 2 is 1.71 bits per heavy atom. The van der Waals surface area contributed by atoms with E-state index in [1.54, 1.807) is 0 Å². The number of carbonyl (C=O) groups is 1. The van der Waals surface area contributed by atoms with Gasteiger partial charge in [0.25, 0.3) is 5.22 Å². The number of aromatic nitrogens is 2. The summed E-state index contributed by atoms with van der Waals surface area (Å²) in [6.45, 7) is 6.03. The second-order valence-corrected chi connectivity index (χ2v) is 6.63. The van der Waals surface area contributed by atoms with Crippen molar-refractivity contribution in [3.63, 3.8) is 0 Å². The average Bonchev–Trinajstić information content (AvgIpc) is 3.06. The highest BCUT2D eigenvalue weighted by atomic mass is 32.2. The van der Waals surface area contributed by atoms with Crippen molar-refractivity contribution >= 4 is 17.5 Å². The van der Waals surface area contributed by atoms with Crippen LogP contribution in [0.4, 0.5) is 0 Å². The average molecular weight is 338 g/mol. The van der Waals surface area contributed by atoms with Crippen LogP contribution in [0.3, 0.4) is 0 Å². The Bertz CT molecular complexity index is 872. The number of hydrogen-bond acceptors (Lipinski definition) is 5. The second-order valence-electron chi connectivity index (χ2n) is 5.70. The molecule has 122 valence electrons. The predicted molar refractivity (Wildman–Crippen MR) is 95.4 cm³/mol. The number of ketones is 1. The molecule has 0 saturated heterocycles. The minimum Gasteiger partial charge on any atom is -0.411 e. The van der Waals surface area contributed by atoms with Crippen molar-refractivity contribution in [2.24, 2.45) is 0 Å². The molecule has 0 unspecified atom stereocenters. The number of thioether (sulfide) groups is 1. The van der Waals surface area contributed by atoms with Gasteiger partial charge in [0, 0.05) is 11.1 Å². The van der Waals surface area contributed by atoms with E-state index in [-0.39, 0.29) is 11.5 Å². The molecule has 5 heteroatoms. The van der Waals surface area contributed by atoms with Crippen LogP contribution >= 0.6 is 11.8 Å². The molecule has 1 aromatic heterocycles. The Balaban J connectivity index is 1.69. The highest BCUT2D eigenvalue weighted by Crippen LogP contribution is 2.24. The van der Waals surface area contributed by atoms with Crippen molar-refractivity contribution in [2.75, 3.05) is 5.75 Å². The van der Waals surface area contributed by atoms with Crippen LogP contribution in [-0.2, 0) is 0 Å².